The Kier molecular flexibility index (Phi) is 4.75. The van der Waals surface area contributed by atoms with Crippen molar-refractivity contribution in [3.8, 4) is 0 Å². The standard InChI is InChI=1S/C23H15Cl2N/c24-19-10-5-16(6-11-19)15-21(17-7-12-20(25)13-8-17)23-14-9-18-3-1-2-4-22(18)26-23/h1-15H. The van der Waals surface area contributed by atoms with E-state index in [2.05, 4.69) is 24.3 Å². The molecule has 0 aliphatic carbocycles. The molecule has 0 atom stereocenters. The number of fused-ring (bicyclic) bond motifs is 1. The van der Waals surface area contributed by atoms with E-state index in [9.17, 15) is 0 Å². The van der Waals surface area contributed by atoms with Gasteiger partial charge in [-0.2, -0.15) is 0 Å². The Morgan fingerprint density at radius 3 is 2.08 bits per heavy atom. The van der Waals surface area contributed by atoms with Gasteiger partial charge in [0.15, 0.2) is 0 Å². The number of hydrogen-bond acceptors (Lipinski definition) is 1. The molecule has 126 valence electrons. The molecular formula is C23H15Cl2N. The van der Waals surface area contributed by atoms with Gasteiger partial charge in [0.05, 0.1) is 11.2 Å². The number of para-hydroxylation sites is 1. The van der Waals surface area contributed by atoms with E-state index >= 15 is 0 Å². The van der Waals surface area contributed by atoms with Crippen LogP contribution in [0.3, 0.4) is 0 Å². The summed E-state index contributed by atoms with van der Waals surface area (Å²) in [4.78, 5) is 4.86. The first-order chi connectivity index (χ1) is 12.7. The molecule has 0 bridgehead atoms. The Bertz CT molecular complexity index is 1080. The van der Waals surface area contributed by atoms with Gasteiger partial charge in [-0.05, 0) is 53.6 Å². The van der Waals surface area contributed by atoms with E-state index in [0.29, 0.717) is 5.02 Å². The highest BCUT2D eigenvalue weighted by Gasteiger charge is 2.08. The minimum absolute atomic E-state index is 0.714. The predicted molar refractivity (Wildman–Crippen MR) is 112 cm³/mol. The lowest BCUT2D eigenvalue weighted by Crippen LogP contribution is -1.93. The van der Waals surface area contributed by atoms with Crippen molar-refractivity contribution < 1.29 is 0 Å². The van der Waals surface area contributed by atoms with Gasteiger partial charge in [-0.15, -0.1) is 0 Å². The lowest BCUT2D eigenvalue weighted by atomic mass is 9.98. The fraction of sp³-hybridized carbons (Fsp3) is 0. The third-order valence-electron chi connectivity index (χ3n) is 4.21. The number of hydrogen-bond donors (Lipinski definition) is 0. The Hall–Kier alpha value is -2.61. The zero-order valence-electron chi connectivity index (χ0n) is 13.9. The Morgan fingerprint density at radius 1 is 0.692 bits per heavy atom. The first-order valence-corrected chi connectivity index (χ1v) is 9.04. The molecule has 4 rings (SSSR count). The van der Waals surface area contributed by atoms with Gasteiger partial charge in [-0.25, -0.2) is 4.98 Å². The molecule has 0 amide bonds. The topological polar surface area (TPSA) is 12.9 Å². The number of halogens is 2. The van der Waals surface area contributed by atoms with Crippen LogP contribution in [0.1, 0.15) is 16.8 Å². The summed E-state index contributed by atoms with van der Waals surface area (Å²) < 4.78 is 0. The second-order valence-electron chi connectivity index (χ2n) is 6.01. The first kappa shape index (κ1) is 16.8. The van der Waals surface area contributed by atoms with Gasteiger partial charge in [0.2, 0.25) is 0 Å². The third kappa shape index (κ3) is 3.65. The van der Waals surface area contributed by atoms with Gasteiger partial charge in [0.25, 0.3) is 0 Å². The summed E-state index contributed by atoms with van der Waals surface area (Å²) in [7, 11) is 0. The van der Waals surface area contributed by atoms with Crippen LogP contribution in [0.5, 0.6) is 0 Å². The van der Waals surface area contributed by atoms with E-state index in [4.69, 9.17) is 28.2 Å². The molecule has 1 heterocycles. The number of benzene rings is 3. The van der Waals surface area contributed by atoms with E-state index < -0.39 is 0 Å². The lowest BCUT2D eigenvalue weighted by Gasteiger charge is -2.10. The highest BCUT2D eigenvalue weighted by atomic mass is 35.5. The highest BCUT2D eigenvalue weighted by Crippen LogP contribution is 2.28. The van der Waals surface area contributed by atoms with Crippen molar-refractivity contribution in [3.05, 3.63) is 112 Å². The van der Waals surface area contributed by atoms with Crippen molar-refractivity contribution >= 4 is 45.8 Å². The average Bonchev–Trinajstić information content (AvgIpc) is 2.68. The van der Waals surface area contributed by atoms with Crippen LogP contribution in [0.2, 0.25) is 10.0 Å². The molecule has 0 saturated heterocycles. The summed E-state index contributed by atoms with van der Waals surface area (Å²) in [6.07, 6.45) is 2.12. The van der Waals surface area contributed by atoms with E-state index in [-0.39, 0.29) is 0 Å². The van der Waals surface area contributed by atoms with Gasteiger partial charge >= 0.3 is 0 Å². The van der Waals surface area contributed by atoms with Crippen molar-refractivity contribution in [2.24, 2.45) is 0 Å². The molecule has 0 spiro atoms. The Labute approximate surface area is 162 Å². The minimum Gasteiger partial charge on any atom is -0.248 e. The lowest BCUT2D eigenvalue weighted by molar-refractivity contribution is 1.34. The van der Waals surface area contributed by atoms with Crippen molar-refractivity contribution in [2.45, 2.75) is 0 Å². The summed E-state index contributed by atoms with van der Waals surface area (Å²) in [6, 6.07) is 27.9. The van der Waals surface area contributed by atoms with Crippen LogP contribution in [0.4, 0.5) is 0 Å². The van der Waals surface area contributed by atoms with Gasteiger partial charge in [-0.1, -0.05) is 71.7 Å². The molecule has 1 aromatic heterocycles. The second kappa shape index (κ2) is 7.33. The molecule has 0 N–H and O–H groups in total. The smallest absolute Gasteiger partial charge is 0.0715 e. The molecule has 0 unspecified atom stereocenters. The van der Waals surface area contributed by atoms with Gasteiger partial charge < -0.3 is 0 Å². The molecular weight excluding hydrogens is 361 g/mol. The fourth-order valence-electron chi connectivity index (χ4n) is 2.88. The second-order valence-corrected chi connectivity index (χ2v) is 6.88. The highest BCUT2D eigenvalue weighted by molar-refractivity contribution is 6.30. The maximum absolute atomic E-state index is 6.07. The molecule has 3 aromatic carbocycles. The Balaban J connectivity index is 1.88. The van der Waals surface area contributed by atoms with Crippen LogP contribution in [0.15, 0.2) is 84.9 Å². The van der Waals surface area contributed by atoms with Crippen molar-refractivity contribution in [1.82, 2.24) is 4.98 Å². The number of aromatic nitrogens is 1. The zero-order chi connectivity index (χ0) is 17.9. The number of pyridine rings is 1. The van der Waals surface area contributed by atoms with Crippen LogP contribution in [-0.2, 0) is 0 Å². The largest absolute Gasteiger partial charge is 0.248 e. The van der Waals surface area contributed by atoms with E-state index in [1.165, 1.54) is 0 Å². The summed E-state index contributed by atoms with van der Waals surface area (Å²) in [5.41, 5.74) is 5.05. The molecule has 26 heavy (non-hydrogen) atoms. The molecule has 0 fully saturated rings. The molecule has 0 radical (unpaired) electrons. The van der Waals surface area contributed by atoms with Gasteiger partial charge in [-0.3, -0.25) is 0 Å². The summed E-state index contributed by atoms with van der Waals surface area (Å²) >= 11 is 12.1. The SMILES string of the molecule is Clc1ccc(C=C(c2ccc(Cl)cc2)c2ccc3ccccc3n2)cc1. The third-order valence-corrected chi connectivity index (χ3v) is 4.71. The average molecular weight is 376 g/mol. The van der Waals surface area contributed by atoms with Crippen LogP contribution < -0.4 is 0 Å². The first-order valence-electron chi connectivity index (χ1n) is 8.28. The summed E-state index contributed by atoms with van der Waals surface area (Å²) in [6.45, 7) is 0. The molecule has 0 saturated carbocycles. The molecule has 0 aliphatic rings. The number of nitrogens with zero attached hydrogens (tertiary/aromatic N) is 1. The summed E-state index contributed by atoms with van der Waals surface area (Å²) in [5.74, 6) is 0. The van der Waals surface area contributed by atoms with E-state index in [1.54, 1.807) is 0 Å². The van der Waals surface area contributed by atoms with Crippen LogP contribution in [0.25, 0.3) is 22.6 Å². The van der Waals surface area contributed by atoms with Gasteiger partial charge in [0, 0.05) is 21.0 Å². The minimum atomic E-state index is 0.714. The quantitative estimate of drug-likeness (QED) is 0.347. The van der Waals surface area contributed by atoms with E-state index in [0.717, 1.165) is 38.3 Å². The normalized spacial score (nSPS) is 11.7. The molecule has 3 heteroatoms. The summed E-state index contributed by atoms with van der Waals surface area (Å²) in [5, 5.41) is 2.56. The monoisotopic (exact) mass is 375 g/mol. The van der Waals surface area contributed by atoms with Crippen LogP contribution >= 0.6 is 23.2 Å². The van der Waals surface area contributed by atoms with Crippen LogP contribution in [-0.4, -0.2) is 4.98 Å². The van der Waals surface area contributed by atoms with E-state index in [1.807, 2.05) is 66.7 Å². The molecule has 0 aliphatic heterocycles. The van der Waals surface area contributed by atoms with Crippen LogP contribution in [0, 0.1) is 0 Å². The molecule has 4 aromatic rings. The molecule has 1 nitrogen and oxygen atoms in total. The predicted octanol–water partition coefficient (Wildman–Crippen LogP) is 7.13. The number of rotatable bonds is 3. The fourth-order valence-corrected chi connectivity index (χ4v) is 3.13. The zero-order valence-corrected chi connectivity index (χ0v) is 15.4. The Morgan fingerprint density at radius 2 is 1.35 bits per heavy atom. The van der Waals surface area contributed by atoms with Crippen molar-refractivity contribution in [3.63, 3.8) is 0 Å². The van der Waals surface area contributed by atoms with Crippen molar-refractivity contribution in [2.75, 3.05) is 0 Å². The maximum Gasteiger partial charge on any atom is 0.0715 e. The van der Waals surface area contributed by atoms with Gasteiger partial charge in [0.1, 0.15) is 0 Å². The maximum atomic E-state index is 6.07. The van der Waals surface area contributed by atoms with Crippen molar-refractivity contribution in [1.29, 1.82) is 0 Å².